The summed E-state index contributed by atoms with van der Waals surface area (Å²) in [4.78, 5) is 3.87. The first-order valence-electron chi connectivity index (χ1n) is 5.12. The monoisotopic (exact) mass is 232 g/mol. The number of benzene rings is 1. The predicted molar refractivity (Wildman–Crippen MR) is 67.3 cm³/mol. The minimum atomic E-state index is 0.593. The molecule has 1 N–H and O–H groups in total. The Labute approximate surface area is 99.8 Å². The van der Waals surface area contributed by atoms with E-state index in [0.717, 1.165) is 30.1 Å². The molecule has 0 radical (unpaired) electrons. The highest BCUT2D eigenvalue weighted by atomic mass is 32.1. The molecule has 1 aromatic rings. The smallest absolute Gasteiger partial charge is 0.127 e. The highest BCUT2D eigenvalue weighted by Gasteiger charge is 2.03. The molecule has 3 nitrogen and oxygen atoms in total. The van der Waals surface area contributed by atoms with E-state index in [1.807, 2.05) is 24.3 Å². The van der Waals surface area contributed by atoms with Gasteiger partial charge in [0.05, 0.1) is 10.8 Å². The molecule has 0 amide bonds. The molecule has 0 atom stereocenters. The Morgan fingerprint density at radius 3 is 2.81 bits per heavy atom. The summed E-state index contributed by atoms with van der Waals surface area (Å²) >= 11 is 4.53. The average molecular weight is 232 g/mol. The molecule has 16 heavy (non-hydrogen) atoms. The number of ether oxygens (including phenoxy) is 1. The molecule has 0 fully saturated rings. The quantitative estimate of drug-likeness (QED) is 0.640. The maximum atomic E-state index is 5.60. The Kier molecular flexibility index (Phi) is 3.70. The molecule has 0 saturated carbocycles. The van der Waals surface area contributed by atoms with Crippen LogP contribution < -0.4 is 10.1 Å². The van der Waals surface area contributed by atoms with E-state index in [1.54, 1.807) is 0 Å². The summed E-state index contributed by atoms with van der Waals surface area (Å²) in [5.41, 5.74) is 1.95. The molecule has 0 unspecified atom stereocenters. The SMILES string of the molecule is S=C=Nc1ccc(OCC2=CCCN2)cc1. The Hall–Kier alpha value is -1.64. The van der Waals surface area contributed by atoms with Crippen molar-refractivity contribution >= 4 is 23.1 Å². The summed E-state index contributed by atoms with van der Waals surface area (Å²) in [6.45, 7) is 1.61. The van der Waals surface area contributed by atoms with Gasteiger partial charge < -0.3 is 10.1 Å². The van der Waals surface area contributed by atoms with Gasteiger partial charge in [0.1, 0.15) is 12.4 Å². The Morgan fingerprint density at radius 1 is 1.38 bits per heavy atom. The third-order valence-corrected chi connectivity index (χ3v) is 2.38. The molecule has 4 heteroatoms. The molecule has 0 bridgehead atoms. The number of isothiocyanates is 1. The van der Waals surface area contributed by atoms with Crippen LogP contribution in [-0.4, -0.2) is 18.3 Å². The molecule has 1 aliphatic heterocycles. The van der Waals surface area contributed by atoms with E-state index in [-0.39, 0.29) is 0 Å². The number of nitrogens with one attached hydrogen (secondary N) is 1. The predicted octanol–water partition coefficient (Wildman–Crippen LogP) is 2.68. The normalized spacial score (nSPS) is 13.6. The van der Waals surface area contributed by atoms with Gasteiger partial charge in [-0.3, -0.25) is 0 Å². The van der Waals surface area contributed by atoms with E-state index >= 15 is 0 Å². The molecule has 2 rings (SSSR count). The molecule has 0 aromatic heterocycles. The second-order valence-electron chi connectivity index (χ2n) is 3.43. The van der Waals surface area contributed by atoms with Gasteiger partial charge in [-0.25, -0.2) is 0 Å². The van der Waals surface area contributed by atoms with Crippen LogP contribution in [0.15, 0.2) is 41.0 Å². The van der Waals surface area contributed by atoms with Gasteiger partial charge in [-0.05, 0) is 42.9 Å². The van der Waals surface area contributed by atoms with Crippen molar-refractivity contribution < 1.29 is 4.74 Å². The van der Waals surface area contributed by atoms with Crippen LogP contribution >= 0.6 is 12.2 Å². The van der Waals surface area contributed by atoms with Gasteiger partial charge in [-0.2, -0.15) is 4.99 Å². The van der Waals surface area contributed by atoms with Crippen LogP contribution in [-0.2, 0) is 0 Å². The van der Waals surface area contributed by atoms with Gasteiger partial charge in [0, 0.05) is 12.2 Å². The summed E-state index contributed by atoms with van der Waals surface area (Å²) < 4.78 is 5.60. The minimum absolute atomic E-state index is 0.593. The van der Waals surface area contributed by atoms with E-state index in [2.05, 4.69) is 33.8 Å². The lowest BCUT2D eigenvalue weighted by Gasteiger charge is -2.07. The Morgan fingerprint density at radius 2 is 2.19 bits per heavy atom. The first-order chi connectivity index (χ1) is 7.88. The summed E-state index contributed by atoms with van der Waals surface area (Å²) in [6.07, 6.45) is 3.24. The number of rotatable bonds is 4. The lowest BCUT2D eigenvalue weighted by molar-refractivity contribution is 0.345. The van der Waals surface area contributed by atoms with E-state index in [0.29, 0.717) is 6.61 Å². The van der Waals surface area contributed by atoms with E-state index in [9.17, 15) is 0 Å². The van der Waals surface area contributed by atoms with Crippen molar-refractivity contribution in [2.75, 3.05) is 13.2 Å². The van der Waals surface area contributed by atoms with Gasteiger partial charge >= 0.3 is 0 Å². The molecule has 1 aliphatic rings. The summed E-state index contributed by atoms with van der Waals surface area (Å²) in [6, 6.07) is 7.46. The first kappa shape index (κ1) is 10.9. The van der Waals surface area contributed by atoms with E-state index < -0.39 is 0 Å². The second-order valence-corrected chi connectivity index (χ2v) is 3.61. The van der Waals surface area contributed by atoms with E-state index in [1.165, 1.54) is 0 Å². The van der Waals surface area contributed by atoms with Crippen molar-refractivity contribution in [3.8, 4) is 5.75 Å². The largest absolute Gasteiger partial charge is 0.487 e. The molecule has 82 valence electrons. The molecule has 1 heterocycles. The average Bonchev–Trinajstić information content (AvgIpc) is 2.82. The zero-order valence-electron chi connectivity index (χ0n) is 8.77. The van der Waals surface area contributed by atoms with Crippen molar-refractivity contribution in [3.05, 3.63) is 36.0 Å². The fourth-order valence-corrected chi connectivity index (χ4v) is 1.60. The van der Waals surface area contributed by atoms with Crippen molar-refractivity contribution in [3.63, 3.8) is 0 Å². The van der Waals surface area contributed by atoms with Gasteiger partial charge in [0.2, 0.25) is 0 Å². The van der Waals surface area contributed by atoms with Crippen molar-refractivity contribution in [2.45, 2.75) is 6.42 Å². The van der Waals surface area contributed by atoms with Crippen molar-refractivity contribution in [1.29, 1.82) is 0 Å². The second kappa shape index (κ2) is 5.45. The molecular formula is C12H12N2OS. The molecule has 0 spiro atoms. The summed E-state index contributed by atoms with van der Waals surface area (Å²) in [7, 11) is 0. The van der Waals surface area contributed by atoms with Gasteiger partial charge in [0.25, 0.3) is 0 Å². The molecule has 0 aliphatic carbocycles. The zero-order valence-corrected chi connectivity index (χ0v) is 9.59. The maximum Gasteiger partial charge on any atom is 0.127 e. The van der Waals surface area contributed by atoms with Gasteiger partial charge in [-0.15, -0.1) is 0 Å². The number of hydrogen-bond donors (Lipinski definition) is 1. The topological polar surface area (TPSA) is 33.6 Å². The molecular weight excluding hydrogens is 220 g/mol. The number of hydrogen-bond acceptors (Lipinski definition) is 4. The highest BCUT2D eigenvalue weighted by molar-refractivity contribution is 7.78. The lowest BCUT2D eigenvalue weighted by atomic mass is 10.3. The maximum absolute atomic E-state index is 5.60. The fourth-order valence-electron chi connectivity index (χ4n) is 1.49. The fraction of sp³-hybridized carbons (Fsp3) is 0.250. The number of thiocarbonyl (C=S) groups is 1. The summed E-state index contributed by atoms with van der Waals surface area (Å²) in [5.74, 6) is 0.831. The first-order valence-corrected chi connectivity index (χ1v) is 5.53. The van der Waals surface area contributed by atoms with Crippen molar-refractivity contribution in [1.82, 2.24) is 5.32 Å². The van der Waals surface area contributed by atoms with Gasteiger partial charge in [-0.1, -0.05) is 6.08 Å². The van der Waals surface area contributed by atoms with Crippen molar-refractivity contribution in [2.24, 2.45) is 4.99 Å². The lowest BCUT2D eigenvalue weighted by Crippen LogP contribution is -2.13. The Balaban J connectivity index is 1.92. The third kappa shape index (κ3) is 2.92. The number of nitrogens with zero attached hydrogens (tertiary/aromatic N) is 1. The standard InChI is InChI=1S/C12H12N2OS/c16-9-14-10-3-5-12(6-4-10)15-8-11-2-1-7-13-11/h2-6,13H,1,7-8H2. The van der Waals surface area contributed by atoms with Crippen LogP contribution in [0.1, 0.15) is 6.42 Å². The van der Waals surface area contributed by atoms with Crippen LogP contribution in [0, 0.1) is 0 Å². The van der Waals surface area contributed by atoms with Crippen LogP contribution in [0.2, 0.25) is 0 Å². The summed E-state index contributed by atoms with van der Waals surface area (Å²) in [5, 5.41) is 5.58. The highest BCUT2D eigenvalue weighted by Crippen LogP contribution is 2.18. The molecule has 0 saturated heterocycles. The van der Waals surface area contributed by atoms with Crippen LogP contribution in [0.4, 0.5) is 5.69 Å². The van der Waals surface area contributed by atoms with Crippen LogP contribution in [0.25, 0.3) is 0 Å². The number of aliphatic imine (C=N–C) groups is 1. The third-order valence-electron chi connectivity index (χ3n) is 2.29. The Bertz CT molecular complexity index is 433. The van der Waals surface area contributed by atoms with Crippen LogP contribution in [0.5, 0.6) is 5.75 Å². The zero-order chi connectivity index (χ0) is 11.2. The minimum Gasteiger partial charge on any atom is -0.487 e. The van der Waals surface area contributed by atoms with Gasteiger partial charge in [0.15, 0.2) is 0 Å². The molecule has 1 aromatic carbocycles. The van der Waals surface area contributed by atoms with E-state index in [4.69, 9.17) is 4.74 Å². The van der Waals surface area contributed by atoms with Crippen LogP contribution in [0.3, 0.4) is 0 Å².